The van der Waals surface area contributed by atoms with Crippen molar-refractivity contribution < 1.29 is 32.9 Å². The highest BCUT2D eigenvalue weighted by atomic mass is 19.4. The van der Waals surface area contributed by atoms with Gasteiger partial charge in [-0.2, -0.15) is 13.2 Å². The van der Waals surface area contributed by atoms with E-state index in [-0.39, 0.29) is 6.61 Å². The maximum atomic E-state index is 12.5. The summed E-state index contributed by atoms with van der Waals surface area (Å²) in [4.78, 5) is 11.4. The molecule has 1 atom stereocenters. The first-order valence-corrected chi connectivity index (χ1v) is 5.21. The molecular weight excluding hydrogens is 267 g/mol. The molecule has 4 N–H and O–H groups in total. The molecule has 0 aliphatic rings. The number of carbonyl (C=O) groups excluding carboxylic acids is 1. The Labute approximate surface area is 106 Å². The van der Waals surface area contributed by atoms with Crippen molar-refractivity contribution in [2.75, 3.05) is 13.2 Å². The van der Waals surface area contributed by atoms with E-state index in [0.717, 1.165) is 18.2 Å². The zero-order valence-corrected chi connectivity index (χ0v) is 9.65. The van der Waals surface area contributed by atoms with Crippen LogP contribution in [0, 0.1) is 0 Å². The van der Waals surface area contributed by atoms with Crippen LogP contribution in [-0.2, 0) is 4.74 Å². The molecule has 1 rings (SSSR count). The Morgan fingerprint density at radius 3 is 2.58 bits per heavy atom. The Balaban J connectivity index is 3.08. The zero-order chi connectivity index (χ0) is 14.6. The fraction of sp³-hybridized carbons (Fsp3) is 0.364. The Morgan fingerprint density at radius 2 is 2.05 bits per heavy atom. The molecule has 0 radical (unpaired) electrons. The predicted octanol–water partition coefficient (Wildman–Crippen LogP) is 1.10. The lowest BCUT2D eigenvalue weighted by atomic mass is 10.0. The van der Waals surface area contributed by atoms with Gasteiger partial charge in [0.25, 0.3) is 0 Å². The van der Waals surface area contributed by atoms with Gasteiger partial charge < -0.3 is 20.7 Å². The first kappa shape index (κ1) is 15.3. The molecule has 5 nitrogen and oxygen atoms in total. The maximum absolute atomic E-state index is 12.5. The van der Waals surface area contributed by atoms with Crippen molar-refractivity contribution in [1.82, 2.24) is 0 Å². The van der Waals surface area contributed by atoms with E-state index in [9.17, 15) is 23.1 Å². The minimum absolute atomic E-state index is 0.326. The highest BCUT2D eigenvalue weighted by Gasteiger charge is 2.39. The summed E-state index contributed by atoms with van der Waals surface area (Å²) in [6.07, 6.45) is -4.74. The normalized spacial score (nSPS) is 13.1. The molecular formula is C11H12F3NO4. The van der Waals surface area contributed by atoms with Crippen LogP contribution in [0.3, 0.4) is 0 Å². The summed E-state index contributed by atoms with van der Waals surface area (Å²) in [7, 11) is 0. The number of rotatable bonds is 4. The van der Waals surface area contributed by atoms with E-state index in [1.54, 1.807) is 0 Å². The lowest BCUT2D eigenvalue weighted by molar-refractivity contribution is -0.149. The number of hydrogen-bond acceptors (Lipinski definition) is 5. The molecule has 0 aliphatic heterocycles. The summed E-state index contributed by atoms with van der Waals surface area (Å²) in [5, 5.41) is 18.1. The van der Waals surface area contributed by atoms with Gasteiger partial charge in [0.1, 0.15) is 24.0 Å². The van der Waals surface area contributed by atoms with Gasteiger partial charge in [-0.05, 0) is 6.07 Å². The van der Waals surface area contributed by atoms with Crippen LogP contribution in [0.1, 0.15) is 22.0 Å². The highest BCUT2D eigenvalue weighted by Crippen LogP contribution is 2.36. The molecule has 0 spiro atoms. The summed E-state index contributed by atoms with van der Waals surface area (Å²) < 4.78 is 41.9. The van der Waals surface area contributed by atoms with Crippen LogP contribution in [0.25, 0.3) is 0 Å². The number of halogens is 3. The van der Waals surface area contributed by atoms with Crippen molar-refractivity contribution >= 4 is 5.97 Å². The first-order valence-electron chi connectivity index (χ1n) is 5.21. The standard InChI is InChI=1S/C11H12F3NO4/c12-11(13,14)9(15)6-2-1-3-7(8(6)17)10(18)19-5-4-16/h1-3,9,16-17H,4-5,15H2/t9-/m0/s1. The number of hydrogen-bond donors (Lipinski definition) is 3. The van der Waals surface area contributed by atoms with E-state index in [2.05, 4.69) is 4.74 Å². The van der Waals surface area contributed by atoms with Crippen molar-refractivity contribution in [2.45, 2.75) is 12.2 Å². The molecule has 19 heavy (non-hydrogen) atoms. The summed E-state index contributed by atoms with van der Waals surface area (Å²) in [6.45, 7) is -0.762. The van der Waals surface area contributed by atoms with Crippen LogP contribution < -0.4 is 5.73 Å². The van der Waals surface area contributed by atoms with Gasteiger partial charge in [-0.1, -0.05) is 12.1 Å². The number of nitrogens with two attached hydrogens (primary N) is 1. The molecule has 0 fully saturated rings. The number of phenolic OH excluding ortho intramolecular Hbond substituents is 1. The molecule has 0 aliphatic carbocycles. The van der Waals surface area contributed by atoms with Gasteiger partial charge in [-0.25, -0.2) is 4.79 Å². The molecule has 0 unspecified atom stereocenters. The first-order chi connectivity index (χ1) is 8.79. The second-order valence-electron chi connectivity index (χ2n) is 3.62. The van der Waals surface area contributed by atoms with Crippen LogP contribution in [0.4, 0.5) is 13.2 Å². The van der Waals surface area contributed by atoms with Gasteiger partial charge in [-0.3, -0.25) is 0 Å². The lowest BCUT2D eigenvalue weighted by Gasteiger charge is -2.18. The summed E-state index contributed by atoms with van der Waals surface area (Å²) >= 11 is 0. The maximum Gasteiger partial charge on any atom is 0.407 e. The quantitative estimate of drug-likeness (QED) is 0.718. The molecule has 0 saturated carbocycles. The number of benzene rings is 1. The molecule has 0 aromatic heterocycles. The molecule has 0 heterocycles. The van der Waals surface area contributed by atoms with Crippen molar-refractivity contribution in [2.24, 2.45) is 5.73 Å². The fourth-order valence-electron chi connectivity index (χ4n) is 1.37. The Kier molecular flexibility index (Phi) is 4.73. The van der Waals surface area contributed by atoms with Crippen LogP contribution in [0.15, 0.2) is 18.2 Å². The number of para-hydroxylation sites is 1. The third-order valence-corrected chi connectivity index (χ3v) is 2.30. The second kappa shape index (κ2) is 5.89. The van der Waals surface area contributed by atoms with E-state index in [4.69, 9.17) is 10.8 Å². The molecule has 0 bridgehead atoms. The third-order valence-electron chi connectivity index (χ3n) is 2.30. The molecule has 0 saturated heterocycles. The predicted molar refractivity (Wildman–Crippen MR) is 58.5 cm³/mol. The number of esters is 1. The van der Waals surface area contributed by atoms with Gasteiger partial charge >= 0.3 is 12.1 Å². The Bertz CT molecular complexity index is 462. The van der Waals surface area contributed by atoms with Crippen molar-refractivity contribution in [3.8, 4) is 5.75 Å². The van der Waals surface area contributed by atoms with E-state index >= 15 is 0 Å². The number of aliphatic hydroxyl groups is 1. The van der Waals surface area contributed by atoms with Crippen molar-refractivity contribution in [1.29, 1.82) is 0 Å². The monoisotopic (exact) mass is 279 g/mol. The van der Waals surface area contributed by atoms with Crippen LogP contribution >= 0.6 is 0 Å². The number of aliphatic hydroxyl groups excluding tert-OH is 1. The molecule has 1 aromatic rings. The van der Waals surface area contributed by atoms with Gasteiger partial charge in [0, 0.05) is 5.56 Å². The number of carbonyl (C=O) groups is 1. The lowest BCUT2D eigenvalue weighted by Crippen LogP contribution is -2.28. The van der Waals surface area contributed by atoms with Crippen molar-refractivity contribution in [3.63, 3.8) is 0 Å². The molecule has 106 valence electrons. The highest BCUT2D eigenvalue weighted by molar-refractivity contribution is 5.92. The van der Waals surface area contributed by atoms with Crippen molar-refractivity contribution in [3.05, 3.63) is 29.3 Å². The molecule has 8 heteroatoms. The Hall–Kier alpha value is -1.80. The van der Waals surface area contributed by atoms with Crippen LogP contribution in [0.5, 0.6) is 5.75 Å². The SMILES string of the molecule is N[C@@H](c1cccc(C(=O)OCCO)c1O)C(F)(F)F. The van der Waals surface area contributed by atoms with E-state index in [1.807, 2.05) is 0 Å². The van der Waals surface area contributed by atoms with Gasteiger partial charge in [0.15, 0.2) is 0 Å². The summed E-state index contributed by atoms with van der Waals surface area (Å²) in [6, 6.07) is 0.812. The molecule has 0 amide bonds. The summed E-state index contributed by atoms with van der Waals surface area (Å²) in [5.74, 6) is -1.92. The third kappa shape index (κ3) is 3.58. The zero-order valence-electron chi connectivity index (χ0n) is 9.65. The van der Waals surface area contributed by atoms with Gasteiger partial charge in [0.2, 0.25) is 0 Å². The number of aromatic hydroxyl groups is 1. The average molecular weight is 279 g/mol. The van der Waals surface area contributed by atoms with E-state index < -0.39 is 41.7 Å². The minimum Gasteiger partial charge on any atom is -0.507 e. The molecule has 1 aromatic carbocycles. The Morgan fingerprint density at radius 1 is 1.42 bits per heavy atom. The summed E-state index contributed by atoms with van der Waals surface area (Å²) in [5.41, 5.74) is 3.91. The van der Waals surface area contributed by atoms with Gasteiger partial charge in [0.05, 0.1) is 6.61 Å². The number of alkyl halides is 3. The van der Waals surface area contributed by atoms with Gasteiger partial charge in [-0.15, -0.1) is 0 Å². The number of phenols is 1. The topological polar surface area (TPSA) is 92.8 Å². The van der Waals surface area contributed by atoms with Crippen LogP contribution in [0.2, 0.25) is 0 Å². The van der Waals surface area contributed by atoms with E-state index in [1.165, 1.54) is 0 Å². The second-order valence-corrected chi connectivity index (χ2v) is 3.62. The number of ether oxygens (including phenoxy) is 1. The average Bonchev–Trinajstić information content (AvgIpc) is 2.34. The van der Waals surface area contributed by atoms with E-state index in [0.29, 0.717) is 0 Å². The largest absolute Gasteiger partial charge is 0.507 e. The fourth-order valence-corrected chi connectivity index (χ4v) is 1.37. The van der Waals surface area contributed by atoms with Crippen LogP contribution in [-0.4, -0.2) is 35.6 Å². The minimum atomic E-state index is -4.74. The smallest absolute Gasteiger partial charge is 0.407 e.